The monoisotopic (exact) mass is 534 g/mol. The van der Waals surface area contributed by atoms with Gasteiger partial charge in [-0.05, 0) is 62.4 Å². The van der Waals surface area contributed by atoms with Gasteiger partial charge in [0.05, 0.1) is 33.5 Å². The molecule has 0 unspecified atom stereocenters. The van der Waals surface area contributed by atoms with Crippen LogP contribution in [0.2, 0.25) is 0 Å². The summed E-state index contributed by atoms with van der Waals surface area (Å²) in [6.07, 6.45) is 4.82. The van der Waals surface area contributed by atoms with E-state index in [1.165, 1.54) is 6.20 Å². The van der Waals surface area contributed by atoms with Gasteiger partial charge in [-0.3, -0.25) is 14.6 Å². The lowest BCUT2D eigenvalue weighted by molar-refractivity contribution is -0.133. The molecule has 1 saturated carbocycles. The maximum atomic E-state index is 13.8. The van der Waals surface area contributed by atoms with E-state index in [4.69, 9.17) is 10.5 Å². The topological polar surface area (TPSA) is 132 Å². The van der Waals surface area contributed by atoms with Crippen molar-refractivity contribution in [2.45, 2.75) is 49.2 Å². The fraction of sp³-hybridized carbons (Fsp3) is 0.393. The van der Waals surface area contributed by atoms with Crippen LogP contribution in [0, 0.1) is 12.8 Å². The second-order valence-corrected chi connectivity index (χ2v) is 12.6. The molecule has 6 rings (SSSR count). The quantitative estimate of drug-likeness (QED) is 0.495. The summed E-state index contributed by atoms with van der Waals surface area (Å²) in [4.78, 5) is 31.3. The van der Waals surface area contributed by atoms with Crippen molar-refractivity contribution in [3.63, 3.8) is 0 Å². The molecule has 3 N–H and O–H groups in total. The zero-order valence-corrected chi connectivity index (χ0v) is 22.0. The molecule has 0 spiro atoms. The number of likely N-dealkylation sites (tertiary alicyclic amines) is 1. The number of hydrogen-bond acceptors (Lipinski definition) is 7. The Balaban J connectivity index is 1.39. The van der Waals surface area contributed by atoms with E-state index in [9.17, 15) is 18.0 Å². The highest BCUT2D eigenvalue weighted by atomic mass is 32.2. The summed E-state index contributed by atoms with van der Waals surface area (Å²) in [5, 5.41) is 3.29. The second kappa shape index (κ2) is 9.27. The van der Waals surface area contributed by atoms with Crippen LogP contribution in [0.25, 0.3) is 10.9 Å². The number of amides is 2. The molecule has 1 aromatic heterocycles. The van der Waals surface area contributed by atoms with Gasteiger partial charge in [-0.2, -0.15) is 0 Å². The fourth-order valence-electron chi connectivity index (χ4n) is 5.57. The fourth-order valence-corrected chi connectivity index (χ4v) is 7.41. The minimum atomic E-state index is -3.69. The van der Waals surface area contributed by atoms with Gasteiger partial charge >= 0.3 is 0 Å². The Kier molecular flexibility index (Phi) is 6.02. The first-order valence-electron chi connectivity index (χ1n) is 13.0. The summed E-state index contributed by atoms with van der Waals surface area (Å²) < 4.78 is 33.3. The maximum Gasteiger partial charge on any atom is 0.252 e. The molecule has 2 fully saturated rings. The van der Waals surface area contributed by atoms with Gasteiger partial charge in [0.15, 0.2) is 9.84 Å². The molecule has 0 atom stereocenters. The summed E-state index contributed by atoms with van der Waals surface area (Å²) in [6.45, 7) is 3.29. The van der Waals surface area contributed by atoms with Crippen LogP contribution in [-0.2, 0) is 21.1 Å². The largest absolute Gasteiger partial charge is 0.493 e. The minimum Gasteiger partial charge on any atom is -0.493 e. The van der Waals surface area contributed by atoms with Crippen molar-refractivity contribution in [2.75, 3.05) is 25.0 Å². The number of pyridine rings is 1. The number of aryl methyl sites for hydroxylation is 1. The van der Waals surface area contributed by atoms with Crippen molar-refractivity contribution < 1.29 is 22.7 Å². The van der Waals surface area contributed by atoms with Crippen LogP contribution in [0.1, 0.15) is 47.2 Å². The number of rotatable bonds is 6. The Bertz CT molecular complexity index is 1570. The third-order valence-electron chi connectivity index (χ3n) is 7.85. The Hall–Kier alpha value is -3.66. The van der Waals surface area contributed by atoms with Crippen molar-refractivity contribution >= 4 is 43.9 Å². The van der Waals surface area contributed by atoms with E-state index in [-0.39, 0.29) is 22.3 Å². The van der Waals surface area contributed by atoms with Crippen LogP contribution in [0.3, 0.4) is 0 Å². The molecule has 2 aromatic carbocycles. The van der Waals surface area contributed by atoms with Gasteiger partial charge < -0.3 is 20.7 Å². The molecular formula is C28H30N4O5S. The number of fused-ring (bicyclic) bond motifs is 2. The predicted molar refractivity (Wildman–Crippen MR) is 143 cm³/mol. The Morgan fingerprint density at radius 3 is 2.61 bits per heavy atom. The van der Waals surface area contributed by atoms with Crippen LogP contribution in [-0.4, -0.2) is 55.1 Å². The molecule has 1 saturated heterocycles. The highest BCUT2D eigenvalue weighted by molar-refractivity contribution is 7.92. The number of sulfone groups is 1. The Labute approximate surface area is 221 Å². The average molecular weight is 535 g/mol. The zero-order valence-electron chi connectivity index (χ0n) is 21.2. The number of carbonyl (C=O) groups excluding carboxylic acids is 2. The molecule has 9 nitrogen and oxygen atoms in total. The van der Waals surface area contributed by atoms with Crippen LogP contribution in [0.15, 0.2) is 41.4 Å². The molecule has 2 amide bonds. The van der Waals surface area contributed by atoms with E-state index in [0.717, 1.165) is 29.8 Å². The molecule has 198 valence electrons. The van der Waals surface area contributed by atoms with Gasteiger partial charge in [0.25, 0.3) is 5.91 Å². The maximum absolute atomic E-state index is 13.8. The number of nitrogens with zero attached hydrogens (tertiary/aromatic N) is 2. The van der Waals surface area contributed by atoms with Crippen LogP contribution in [0.4, 0.5) is 11.4 Å². The lowest BCUT2D eigenvalue weighted by Gasteiger charge is -2.32. The molecule has 0 radical (unpaired) electrons. The third kappa shape index (κ3) is 4.26. The lowest BCUT2D eigenvalue weighted by Crippen LogP contribution is -2.43. The summed E-state index contributed by atoms with van der Waals surface area (Å²) in [5.74, 6) is 0.395. The van der Waals surface area contributed by atoms with Gasteiger partial charge in [0.1, 0.15) is 5.75 Å². The molecule has 3 heterocycles. The number of hydrogen-bond donors (Lipinski definition) is 2. The molecule has 3 aliphatic rings. The van der Waals surface area contributed by atoms with Gasteiger partial charge in [-0.1, -0.05) is 6.07 Å². The van der Waals surface area contributed by atoms with Gasteiger partial charge in [-0.25, -0.2) is 8.42 Å². The van der Waals surface area contributed by atoms with Crippen molar-refractivity contribution in [3.05, 3.63) is 53.2 Å². The van der Waals surface area contributed by atoms with E-state index >= 15 is 0 Å². The van der Waals surface area contributed by atoms with E-state index < -0.39 is 21.0 Å². The van der Waals surface area contributed by atoms with E-state index in [0.29, 0.717) is 61.1 Å². The molecule has 10 heteroatoms. The van der Waals surface area contributed by atoms with Crippen molar-refractivity contribution in [1.29, 1.82) is 0 Å². The molecular weight excluding hydrogens is 504 g/mol. The summed E-state index contributed by atoms with van der Waals surface area (Å²) in [7, 11) is -3.69. The smallest absolute Gasteiger partial charge is 0.252 e. The first-order chi connectivity index (χ1) is 18.2. The molecule has 0 bridgehead atoms. The molecule has 3 aromatic rings. The van der Waals surface area contributed by atoms with Crippen molar-refractivity contribution in [3.8, 4) is 5.75 Å². The number of anilines is 2. The third-order valence-corrected chi connectivity index (χ3v) is 10.1. The summed E-state index contributed by atoms with van der Waals surface area (Å²) >= 11 is 0. The van der Waals surface area contributed by atoms with Crippen molar-refractivity contribution in [1.82, 2.24) is 9.88 Å². The van der Waals surface area contributed by atoms with Crippen LogP contribution in [0.5, 0.6) is 5.75 Å². The average Bonchev–Trinajstić information content (AvgIpc) is 3.64. The lowest BCUT2D eigenvalue weighted by atomic mass is 10.0. The molecule has 2 aliphatic heterocycles. The van der Waals surface area contributed by atoms with Crippen molar-refractivity contribution in [2.24, 2.45) is 11.7 Å². The Morgan fingerprint density at radius 2 is 1.89 bits per heavy atom. The highest BCUT2D eigenvalue weighted by Crippen LogP contribution is 2.38. The number of benzene rings is 2. The molecule has 38 heavy (non-hydrogen) atoms. The second-order valence-electron chi connectivity index (χ2n) is 10.4. The standard InChI is InChI=1S/C28H30N4O5S/c1-16-13-19(38(35,36)18-7-10-32(11-8-18)28(34)17-5-6-17)14-21-25(16)30-15-22(27(29)33)26(21)31-23-3-2-4-24-20(23)9-12-37-24/h2-4,13-15,17-18H,5-12H2,1H3,(H2,29,33)(H,30,31). The zero-order chi connectivity index (χ0) is 26.6. The van der Waals surface area contributed by atoms with E-state index in [1.807, 2.05) is 30.0 Å². The number of carbonyl (C=O) groups is 2. The summed E-state index contributed by atoms with van der Waals surface area (Å²) in [5.41, 5.74) is 9.35. The van der Waals surface area contributed by atoms with Crippen LogP contribution >= 0.6 is 0 Å². The number of nitrogens with one attached hydrogen (secondary N) is 1. The predicted octanol–water partition coefficient (Wildman–Crippen LogP) is 3.50. The van der Waals surface area contributed by atoms with Crippen LogP contribution < -0.4 is 15.8 Å². The number of nitrogens with two attached hydrogens (primary N) is 1. The number of primary amides is 1. The summed E-state index contributed by atoms with van der Waals surface area (Å²) in [6, 6.07) is 8.90. The first kappa shape index (κ1) is 24.7. The van der Waals surface area contributed by atoms with Gasteiger partial charge in [0, 0.05) is 48.3 Å². The normalized spacial score (nSPS) is 17.8. The minimum absolute atomic E-state index is 0.126. The number of piperidine rings is 1. The molecule has 1 aliphatic carbocycles. The number of ether oxygens (including phenoxy) is 1. The first-order valence-corrected chi connectivity index (χ1v) is 14.6. The van der Waals surface area contributed by atoms with E-state index in [1.54, 1.807) is 12.1 Å². The SMILES string of the molecule is Cc1cc(S(=O)(=O)C2CCN(C(=O)C3CC3)CC2)cc2c(Nc3cccc4c3CCO4)c(C(N)=O)cnc12. The Morgan fingerprint density at radius 1 is 1.13 bits per heavy atom. The van der Waals surface area contributed by atoms with E-state index in [2.05, 4.69) is 10.3 Å². The highest BCUT2D eigenvalue weighted by Gasteiger charge is 2.38. The van der Waals surface area contributed by atoms with Gasteiger partial charge in [-0.15, -0.1) is 0 Å². The van der Waals surface area contributed by atoms with Gasteiger partial charge in [0.2, 0.25) is 5.91 Å². The number of aromatic nitrogens is 1.